The fraction of sp³-hybridized carbons (Fsp3) is 0.222. The van der Waals surface area contributed by atoms with Crippen LogP contribution < -0.4 is 0 Å². The van der Waals surface area contributed by atoms with Crippen molar-refractivity contribution in [3.8, 4) is 0 Å². The second-order valence-electron chi connectivity index (χ2n) is 5.27. The molecule has 2 nitrogen and oxygen atoms in total. The zero-order chi connectivity index (χ0) is 13.9. The largest absolute Gasteiger partial charge is 0.298 e. The fourth-order valence-electron chi connectivity index (χ4n) is 2.74. The number of aryl methyl sites for hydroxylation is 2. The Kier molecular flexibility index (Phi) is 3.46. The van der Waals surface area contributed by atoms with E-state index in [0.29, 0.717) is 11.1 Å². The van der Waals surface area contributed by atoms with Crippen molar-refractivity contribution in [3.05, 3.63) is 70.3 Å². The fourth-order valence-corrected chi connectivity index (χ4v) is 2.74. The molecule has 0 saturated carbocycles. The van der Waals surface area contributed by atoms with Gasteiger partial charge in [-0.15, -0.1) is 0 Å². The molecule has 20 heavy (non-hydrogen) atoms. The van der Waals surface area contributed by atoms with Crippen molar-refractivity contribution in [1.82, 2.24) is 0 Å². The lowest BCUT2D eigenvalue weighted by Gasteiger charge is -2.08. The van der Waals surface area contributed by atoms with E-state index in [9.17, 15) is 9.59 Å². The predicted molar refractivity (Wildman–Crippen MR) is 78.3 cm³/mol. The lowest BCUT2D eigenvalue weighted by Crippen LogP contribution is -2.05. The van der Waals surface area contributed by atoms with E-state index in [2.05, 4.69) is 12.1 Å². The van der Waals surface area contributed by atoms with E-state index in [-0.39, 0.29) is 5.78 Å². The Labute approximate surface area is 118 Å². The maximum absolute atomic E-state index is 12.6. The van der Waals surface area contributed by atoms with Crippen molar-refractivity contribution >= 4 is 12.1 Å². The van der Waals surface area contributed by atoms with Gasteiger partial charge in [0, 0.05) is 16.7 Å². The summed E-state index contributed by atoms with van der Waals surface area (Å²) in [6, 6.07) is 13.0. The average molecular weight is 264 g/mol. The first-order chi connectivity index (χ1) is 9.78. The molecule has 0 amide bonds. The van der Waals surface area contributed by atoms with Gasteiger partial charge in [0.05, 0.1) is 0 Å². The third kappa shape index (κ3) is 2.42. The highest BCUT2D eigenvalue weighted by Crippen LogP contribution is 2.23. The highest BCUT2D eigenvalue weighted by molar-refractivity contribution is 6.10. The van der Waals surface area contributed by atoms with Gasteiger partial charge in [-0.05, 0) is 36.8 Å². The van der Waals surface area contributed by atoms with Crippen LogP contribution in [0.1, 0.15) is 50.2 Å². The first-order valence-corrected chi connectivity index (χ1v) is 7.00. The molecule has 0 unspecified atom stereocenters. The van der Waals surface area contributed by atoms with E-state index < -0.39 is 0 Å². The Morgan fingerprint density at radius 1 is 0.950 bits per heavy atom. The van der Waals surface area contributed by atoms with Crippen molar-refractivity contribution < 1.29 is 9.59 Å². The molecule has 0 radical (unpaired) electrons. The molecule has 2 bridgehead atoms. The highest BCUT2D eigenvalue weighted by atomic mass is 16.1. The molecule has 0 fully saturated rings. The van der Waals surface area contributed by atoms with Crippen molar-refractivity contribution in [2.24, 2.45) is 0 Å². The van der Waals surface area contributed by atoms with Gasteiger partial charge in [-0.2, -0.15) is 0 Å². The summed E-state index contributed by atoms with van der Waals surface area (Å²) >= 11 is 0. The van der Waals surface area contributed by atoms with Crippen LogP contribution in [-0.4, -0.2) is 12.1 Å². The molecule has 1 aliphatic rings. The number of ketones is 1. The number of fused-ring (bicyclic) bond motifs is 2. The minimum Gasteiger partial charge on any atom is -0.298 e. The molecular formula is C18H16O2. The van der Waals surface area contributed by atoms with Crippen LogP contribution in [0, 0.1) is 0 Å². The predicted octanol–water partition coefficient (Wildman–Crippen LogP) is 3.61. The molecule has 3 rings (SSSR count). The Bertz CT molecular complexity index is 654. The average Bonchev–Trinajstić information content (AvgIpc) is 2.69. The van der Waals surface area contributed by atoms with Gasteiger partial charge in [0.2, 0.25) is 0 Å². The lowest BCUT2D eigenvalue weighted by atomic mass is 9.95. The van der Waals surface area contributed by atoms with Crippen LogP contribution in [0.3, 0.4) is 0 Å². The van der Waals surface area contributed by atoms with E-state index in [0.717, 1.165) is 36.7 Å². The van der Waals surface area contributed by atoms with Gasteiger partial charge in [0.15, 0.2) is 5.78 Å². The van der Waals surface area contributed by atoms with Gasteiger partial charge in [-0.1, -0.05) is 42.5 Å². The Balaban J connectivity index is 1.96. The third-order valence-electron chi connectivity index (χ3n) is 3.88. The molecule has 0 N–H and O–H groups in total. The number of aldehydes is 1. The molecule has 0 spiro atoms. The summed E-state index contributed by atoms with van der Waals surface area (Å²) in [6.07, 6.45) is 5.20. The summed E-state index contributed by atoms with van der Waals surface area (Å²) < 4.78 is 0. The summed E-state index contributed by atoms with van der Waals surface area (Å²) in [5.41, 5.74) is 4.52. The first kappa shape index (κ1) is 12.8. The SMILES string of the molecule is O=Cc1ccc(C(=O)c2ccc3cc2CCCC3)cc1. The number of hydrogen-bond acceptors (Lipinski definition) is 2. The van der Waals surface area contributed by atoms with Crippen LogP contribution in [-0.2, 0) is 12.8 Å². The lowest BCUT2D eigenvalue weighted by molar-refractivity contribution is 0.103. The number of carbonyl (C=O) groups is 2. The van der Waals surface area contributed by atoms with E-state index >= 15 is 0 Å². The molecule has 0 heterocycles. The quantitative estimate of drug-likeness (QED) is 0.627. The van der Waals surface area contributed by atoms with Gasteiger partial charge < -0.3 is 0 Å². The molecule has 0 atom stereocenters. The summed E-state index contributed by atoms with van der Waals surface area (Å²) in [7, 11) is 0. The zero-order valence-corrected chi connectivity index (χ0v) is 11.3. The van der Waals surface area contributed by atoms with Crippen molar-refractivity contribution in [2.45, 2.75) is 25.7 Å². The minimum absolute atomic E-state index is 0.0471. The van der Waals surface area contributed by atoms with Crippen LogP contribution in [0.25, 0.3) is 0 Å². The minimum atomic E-state index is 0.0471. The molecule has 2 aromatic rings. The van der Waals surface area contributed by atoms with Crippen LogP contribution in [0.15, 0.2) is 42.5 Å². The number of rotatable bonds is 3. The van der Waals surface area contributed by atoms with Crippen LogP contribution in [0.5, 0.6) is 0 Å². The van der Waals surface area contributed by atoms with E-state index in [1.807, 2.05) is 6.07 Å². The normalized spacial score (nSPS) is 13.6. The second kappa shape index (κ2) is 5.41. The van der Waals surface area contributed by atoms with Crippen molar-refractivity contribution in [3.63, 3.8) is 0 Å². The molecule has 0 aromatic heterocycles. The zero-order valence-electron chi connectivity index (χ0n) is 11.3. The maximum atomic E-state index is 12.6. The summed E-state index contributed by atoms with van der Waals surface area (Å²) in [4.78, 5) is 23.2. The molecule has 2 aromatic carbocycles. The smallest absolute Gasteiger partial charge is 0.193 e. The van der Waals surface area contributed by atoms with Gasteiger partial charge >= 0.3 is 0 Å². The summed E-state index contributed by atoms with van der Waals surface area (Å²) in [5.74, 6) is 0.0471. The summed E-state index contributed by atoms with van der Waals surface area (Å²) in [6.45, 7) is 0. The third-order valence-corrected chi connectivity index (χ3v) is 3.88. The van der Waals surface area contributed by atoms with Gasteiger partial charge in [0.25, 0.3) is 0 Å². The van der Waals surface area contributed by atoms with Crippen molar-refractivity contribution in [2.75, 3.05) is 0 Å². The second-order valence-corrected chi connectivity index (χ2v) is 5.27. The molecule has 2 heteroatoms. The number of carbonyl (C=O) groups excluding carboxylic acids is 2. The van der Waals surface area contributed by atoms with E-state index in [4.69, 9.17) is 0 Å². The van der Waals surface area contributed by atoms with Gasteiger partial charge in [0.1, 0.15) is 6.29 Å². The van der Waals surface area contributed by atoms with Crippen LogP contribution in [0.2, 0.25) is 0 Å². The Morgan fingerprint density at radius 2 is 1.70 bits per heavy atom. The molecule has 0 saturated heterocycles. The highest BCUT2D eigenvalue weighted by Gasteiger charge is 2.15. The van der Waals surface area contributed by atoms with Crippen molar-refractivity contribution in [1.29, 1.82) is 0 Å². The maximum Gasteiger partial charge on any atom is 0.193 e. The summed E-state index contributed by atoms with van der Waals surface area (Å²) in [5, 5.41) is 0. The standard InChI is InChI=1S/C18H16O2/c19-12-14-5-8-15(9-6-14)18(20)17-10-7-13-3-1-2-4-16(17)11-13/h5-12H,1-4H2. The molecular weight excluding hydrogens is 248 g/mol. The molecule has 1 aliphatic carbocycles. The first-order valence-electron chi connectivity index (χ1n) is 7.00. The number of benzene rings is 2. The molecule has 0 aliphatic heterocycles. The number of hydrogen-bond donors (Lipinski definition) is 0. The molecule has 100 valence electrons. The van der Waals surface area contributed by atoms with E-state index in [1.165, 1.54) is 12.0 Å². The van der Waals surface area contributed by atoms with Crippen LogP contribution >= 0.6 is 0 Å². The Hall–Kier alpha value is -2.22. The van der Waals surface area contributed by atoms with Gasteiger partial charge in [-0.3, -0.25) is 9.59 Å². The van der Waals surface area contributed by atoms with E-state index in [1.54, 1.807) is 24.3 Å². The van der Waals surface area contributed by atoms with Gasteiger partial charge in [-0.25, -0.2) is 0 Å². The monoisotopic (exact) mass is 264 g/mol. The topological polar surface area (TPSA) is 34.1 Å². The Morgan fingerprint density at radius 3 is 2.45 bits per heavy atom. The van der Waals surface area contributed by atoms with Crippen LogP contribution in [0.4, 0.5) is 0 Å².